The Morgan fingerprint density at radius 1 is 1.47 bits per heavy atom. The number of hydrogen-bond donors (Lipinski definition) is 0. The molecule has 108 valence electrons. The molecule has 3 aliphatic rings. The van der Waals surface area contributed by atoms with Crippen LogP contribution in [0.15, 0.2) is 0 Å². The number of alkyl halides is 2. The summed E-state index contributed by atoms with van der Waals surface area (Å²) in [6, 6.07) is 0. The highest BCUT2D eigenvalue weighted by atomic mass is 32.2. The molecule has 5 unspecified atom stereocenters. The van der Waals surface area contributed by atoms with E-state index in [9.17, 15) is 22.0 Å². The van der Waals surface area contributed by atoms with Crippen LogP contribution in [0.2, 0.25) is 0 Å². The Labute approximate surface area is 108 Å². The lowest BCUT2D eigenvalue weighted by atomic mass is 9.84. The Hall–Kier alpha value is -0.800. The number of carbonyl (C=O) groups excluding carboxylic acids is 1. The molecule has 3 saturated heterocycles. The molecular formula is C10H12F2O6S. The Bertz CT molecular complexity index is 539. The summed E-state index contributed by atoms with van der Waals surface area (Å²) >= 11 is 0. The summed E-state index contributed by atoms with van der Waals surface area (Å²) in [5.41, 5.74) is -1.63. The molecule has 5 atom stereocenters. The van der Waals surface area contributed by atoms with Crippen LogP contribution >= 0.6 is 0 Å². The molecule has 0 aromatic rings. The topological polar surface area (TPSA) is 78.9 Å². The van der Waals surface area contributed by atoms with Gasteiger partial charge in [-0.2, -0.15) is 17.2 Å². The molecule has 0 radical (unpaired) electrons. The summed E-state index contributed by atoms with van der Waals surface area (Å²) in [6.07, 6.45) is -1.89. The summed E-state index contributed by atoms with van der Waals surface area (Å²) in [5, 5.41) is -1.24. The standard InChI is InChI=1S/C10H12F2O6S/c1-9(17-8(13)10(2,11)12)5-3-4-6(16-5)7(9)19(14,15)18-4/h4-7H,3H2,1-2H3. The highest BCUT2D eigenvalue weighted by Crippen LogP contribution is 2.53. The van der Waals surface area contributed by atoms with Crippen LogP contribution < -0.4 is 0 Å². The fourth-order valence-electron chi connectivity index (χ4n) is 3.01. The second-order valence-electron chi connectivity index (χ2n) is 5.33. The third-order valence-corrected chi connectivity index (χ3v) is 5.75. The predicted molar refractivity (Wildman–Crippen MR) is 56.0 cm³/mol. The van der Waals surface area contributed by atoms with Crippen molar-refractivity contribution in [2.24, 2.45) is 0 Å². The molecule has 3 heterocycles. The first-order valence-electron chi connectivity index (χ1n) is 5.74. The quantitative estimate of drug-likeness (QED) is 0.536. The van der Waals surface area contributed by atoms with Gasteiger partial charge in [0.1, 0.15) is 18.3 Å². The average molecular weight is 298 g/mol. The van der Waals surface area contributed by atoms with Crippen molar-refractivity contribution >= 4 is 16.1 Å². The van der Waals surface area contributed by atoms with Crippen LogP contribution in [0.3, 0.4) is 0 Å². The van der Waals surface area contributed by atoms with E-state index in [0.717, 1.165) is 0 Å². The fraction of sp³-hybridized carbons (Fsp3) is 0.900. The van der Waals surface area contributed by atoms with Gasteiger partial charge in [-0.1, -0.05) is 0 Å². The Morgan fingerprint density at radius 2 is 2.11 bits per heavy atom. The number of esters is 1. The zero-order valence-corrected chi connectivity index (χ0v) is 10.9. The first kappa shape index (κ1) is 13.2. The zero-order valence-electron chi connectivity index (χ0n) is 10.1. The summed E-state index contributed by atoms with van der Waals surface area (Å²) in [7, 11) is -3.98. The van der Waals surface area contributed by atoms with Crippen LogP contribution in [-0.2, 0) is 28.6 Å². The SMILES string of the molecule is CC(F)(F)C(=O)OC1(C)C2CC3OS(=O)(=O)C1C3O2. The molecule has 3 rings (SSSR count). The molecule has 6 nitrogen and oxygen atoms in total. The van der Waals surface area contributed by atoms with Gasteiger partial charge in [0.05, 0.1) is 0 Å². The maximum Gasteiger partial charge on any atom is 0.377 e. The zero-order chi connectivity index (χ0) is 14.2. The van der Waals surface area contributed by atoms with Crippen molar-refractivity contribution in [2.75, 3.05) is 0 Å². The van der Waals surface area contributed by atoms with E-state index in [1.165, 1.54) is 6.92 Å². The molecule has 9 heteroatoms. The van der Waals surface area contributed by atoms with E-state index < -0.39 is 51.2 Å². The van der Waals surface area contributed by atoms with Gasteiger partial charge in [0.25, 0.3) is 10.1 Å². The lowest BCUT2D eigenvalue weighted by Gasteiger charge is -2.33. The van der Waals surface area contributed by atoms with Crippen LogP contribution in [0.5, 0.6) is 0 Å². The van der Waals surface area contributed by atoms with Crippen molar-refractivity contribution in [1.82, 2.24) is 0 Å². The Morgan fingerprint density at radius 3 is 2.68 bits per heavy atom. The van der Waals surface area contributed by atoms with E-state index in [0.29, 0.717) is 6.92 Å². The number of halogens is 2. The molecule has 0 amide bonds. The number of carbonyl (C=O) groups is 1. The summed E-state index contributed by atoms with van der Waals surface area (Å²) < 4.78 is 64.6. The van der Waals surface area contributed by atoms with Gasteiger partial charge in [-0.25, -0.2) is 4.79 Å². The van der Waals surface area contributed by atoms with Gasteiger partial charge >= 0.3 is 11.9 Å². The van der Waals surface area contributed by atoms with Crippen molar-refractivity contribution in [3.8, 4) is 0 Å². The molecule has 0 aromatic heterocycles. The monoisotopic (exact) mass is 298 g/mol. The van der Waals surface area contributed by atoms with Crippen LogP contribution in [0, 0.1) is 0 Å². The minimum atomic E-state index is -3.98. The molecule has 19 heavy (non-hydrogen) atoms. The predicted octanol–water partition coefficient (Wildman–Crippen LogP) is 0.212. The molecule has 0 aliphatic carbocycles. The number of ether oxygens (including phenoxy) is 2. The highest BCUT2D eigenvalue weighted by molar-refractivity contribution is 7.87. The maximum absolute atomic E-state index is 12.9. The van der Waals surface area contributed by atoms with Crippen LogP contribution in [0.25, 0.3) is 0 Å². The molecule has 0 aromatic carbocycles. The second kappa shape index (κ2) is 3.44. The highest BCUT2D eigenvalue weighted by Gasteiger charge is 2.74. The van der Waals surface area contributed by atoms with Crippen molar-refractivity contribution in [3.63, 3.8) is 0 Å². The average Bonchev–Trinajstić information content (AvgIpc) is 2.75. The first-order valence-corrected chi connectivity index (χ1v) is 7.22. The van der Waals surface area contributed by atoms with Gasteiger partial charge in [0.2, 0.25) is 0 Å². The maximum atomic E-state index is 12.9. The number of hydrogen-bond acceptors (Lipinski definition) is 6. The van der Waals surface area contributed by atoms with Crippen molar-refractivity contribution in [2.45, 2.75) is 55.4 Å². The van der Waals surface area contributed by atoms with E-state index in [-0.39, 0.29) is 6.42 Å². The summed E-state index contributed by atoms with van der Waals surface area (Å²) in [4.78, 5) is 11.3. The van der Waals surface area contributed by atoms with E-state index in [1.54, 1.807) is 0 Å². The lowest BCUT2D eigenvalue weighted by Crippen LogP contribution is -2.55. The van der Waals surface area contributed by atoms with E-state index in [4.69, 9.17) is 13.7 Å². The summed E-state index contributed by atoms with van der Waals surface area (Å²) in [6.45, 7) is 1.70. The molecular weight excluding hydrogens is 286 g/mol. The van der Waals surface area contributed by atoms with Crippen LogP contribution in [0.4, 0.5) is 8.78 Å². The third-order valence-electron chi connectivity index (χ3n) is 3.88. The smallest absolute Gasteiger partial charge is 0.377 e. The van der Waals surface area contributed by atoms with Gasteiger partial charge in [-0.05, 0) is 6.92 Å². The number of rotatable bonds is 2. The molecule has 2 bridgehead atoms. The minimum absolute atomic E-state index is 0.208. The largest absolute Gasteiger partial charge is 0.451 e. The van der Waals surface area contributed by atoms with E-state index in [1.807, 2.05) is 0 Å². The van der Waals surface area contributed by atoms with Crippen molar-refractivity contribution in [3.05, 3.63) is 0 Å². The van der Waals surface area contributed by atoms with Crippen molar-refractivity contribution in [1.29, 1.82) is 0 Å². The molecule has 3 aliphatic heterocycles. The molecule has 0 saturated carbocycles. The third kappa shape index (κ3) is 1.64. The molecule has 0 N–H and O–H groups in total. The normalized spacial score (nSPS) is 46.5. The molecule has 0 spiro atoms. The fourth-order valence-corrected chi connectivity index (χ4v) is 5.01. The van der Waals surface area contributed by atoms with Gasteiger partial charge in [-0.3, -0.25) is 4.18 Å². The van der Waals surface area contributed by atoms with Crippen LogP contribution in [0.1, 0.15) is 20.3 Å². The lowest BCUT2D eigenvalue weighted by molar-refractivity contribution is -0.188. The van der Waals surface area contributed by atoms with Crippen LogP contribution in [-0.4, -0.2) is 49.5 Å². The second-order valence-corrected chi connectivity index (χ2v) is 7.02. The van der Waals surface area contributed by atoms with Gasteiger partial charge in [-0.15, -0.1) is 0 Å². The Balaban J connectivity index is 1.95. The van der Waals surface area contributed by atoms with E-state index in [2.05, 4.69) is 0 Å². The molecule has 3 fully saturated rings. The summed E-state index contributed by atoms with van der Waals surface area (Å²) in [5.74, 6) is -5.45. The van der Waals surface area contributed by atoms with Crippen molar-refractivity contribution < 1.29 is 35.6 Å². The number of fused-ring (bicyclic) bond motifs is 1. The van der Waals surface area contributed by atoms with Gasteiger partial charge < -0.3 is 9.47 Å². The van der Waals surface area contributed by atoms with Gasteiger partial charge in [0.15, 0.2) is 10.9 Å². The Kier molecular flexibility index (Phi) is 2.39. The minimum Gasteiger partial charge on any atom is -0.451 e. The first-order chi connectivity index (χ1) is 8.56. The van der Waals surface area contributed by atoms with Gasteiger partial charge in [0, 0.05) is 13.3 Å². The van der Waals surface area contributed by atoms with E-state index >= 15 is 0 Å².